The first-order chi connectivity index (χ1) is 9.67. The molecule has 106 valence electrons. The monoisotopic (exact) mass is 294 g/mol. The zero-order chi connectivity index (χ0) is 14.1. The largest absolute Gasteiger partial charge is 0.356 e. The van der Waals surface area contributed by atoms with Crippen LogP contribution in [0.2, 0.25) is 5.02 Å². The molecule has 2 aromatic heterocycles. The van der Waals surface area contributed by atoms with E-state index in [0.717, 1.165) is 19.3 Å². The number of hydrogen-bond acceptors (Lipinski definition) is 4. The fourth-order valence-electron chi connectivity index (χ4n) is 2.49. The van der Waals surface area contributed by atoms with Gasteiger partial charge in [-0.05, 0) is 25.8 Å². The van der Waals surface area contributed by atoms with Crippen molar-refractivity contribution in [2.24, 2.45) is 0 Å². The summed E-state index contributed by atoms with van der Waals surface area (Å²) in [6.07, 6.45) is 4.46. The van der Waals surface area contributed by atoms with Crippen LogP contribution in [0.1, 0.15) is 31.5 Å². The highest BCUT2D eigenvalue weighted by Gasteiger charge is 2.28. The molecule has 0 saturated carbocycles. The Morgan fingerprint density at radius 2 is 2.40 bits per heavy atom. The molecule has 1 amide bonds. The summed E-state index contributed by atoms with van der Waals surface area (Å²) in [7, 11) is 0. The first-order valence-electron chi connectivity index (χ1n) is 6.56. The summed E-state index contributed by atoms with van der Waals surface area (Å²) < 4.78 is 5.26. The summed E-state index contributed by atoms with van der Waals surface area (Å²) in [5.41, 5.74) is 0.699. The van der Waals surface area contributed by atoms with Crippen molar-refractivity contribution < 1.29 is 9.32 Å². The minimum atomic E-state index is 0.124. The van der Waals surface area contributed by atoms with E-state index in [1.165, 1.54) is 0 Å². The van der Waals surface area contributed by atoms with E-state index in [-0.39, 0.29) is 12.0 Å². The Morgan fingerprint density at radius 1 is 1.55 bits per heavy atom. The third-order valence-corrected chi connectivity index (χ3v) is 3.97. The highest BCUT2D eigenvalue weighted by Crippen LogP contribution is 2.29. The number of likely N-dealkylation sites (tertiary alicyclic amines) is 1. The Morgan fingerprint density at radius 3 is 3.10 bits per heavy atom. The van der Waals surface area contributed by atoms with Crippen LogP contribution in [0.3, 0.4) is 0 Å². The Labute approximate surface area is 121 Å². The first kappa shape index (κ1) is 13.2. The van der Waals surface area contributed by atoms with Gasteiger partial charge in [-0.1, -0.05) is 16.8 Å². The van der Waals surface area contributed by atoms with Gasteiger partial charge < -0.3 is 14.4 Å². The van der Waals surface area contributed by atoms with Crippen LogP contribution in [0, 0.1) is 0 Å². The fourth-order valence-corrected chi connectivity index (χ4v) is 2.66. The molecule has 6 nitrogen and oxygen atoms in total. The Bertz CT molecular complexity index is 609. The number of rotatable bonds is 3. The number of carbonyl (C=O) groups excluding carboxylic acids is 1. The molecular formula is C13H15ClN4O2. The lowest BCUT2D eigenvalue weighted by Crippen LogP contribution is -2.40. The lowest BCUT2D eigenvalue weighted by Gasteiger charge is -2.33. The molecule has 0 bridgehead atoms. The molecule has 2 atom stereocenters. The van der Waals surface area contributed by atoms with E-state index in [2.05, 4.69) is 15.1 Å². The maximum absolute atomic E-state index is 11.0. The predicted octanol–water partition coefficient (Wildman–Crippen LogP) is 2.44. The Balaban J connectivity index is 1.78. The van der Waals surface area contributed by atoms with Gasteiger partial charge in [0.2, 0.25) is 6.41 Å². The number of aromatic nitrogens is 3. The zero-order valence-electron chi connectivity index (χ0n) is 11.0. The van der Waals surface area contributed by atoms with Crippen LogP contribution in [0.4, 0.5) is 0 Å². The van der Waals surface area contributed by atoms with Gasteiger partial charge in [-0.25, -0.2) is 0 Å². The molecule has 7 heteroatoms. The van der Waals surface area contributed by atoms with Crippen LogP contribution in [-0.2, 0) is 4.79 Å². The number of nitrogens with one attached hydrogen (secondary N) is 1. The number of halogens is 1. The predicted molar refractivity (Wildman–Crippen MR) is 73.3 cm³/mol. The van der Waals surface area contributed by atoms with Gasteiger partial charge in [0.25, 0.3) is 5.89 Å². The van der Waals surface area contributed by atoms with Crippen molar-refractivity contribution in [3.63, 3.8) is 0 Å². The van der Waals surface area contributed by atoms with E-state index >= 15 is 0 Å². The van der Waals surface area contributed by atoms with Gasteiger partial charge in [0.15, 0.2) is 5.82 Å². The Hall–Kier alpha value is -1.82. The smallest absolute Gasteiger partial charge is 0.274 e. The summed E-state index contributed by atoms with van der Waals surface area (Å²) in [6.45, 7) is 2.68. The minimum Gasteiger partial charge on any atom is -0.356 e. The first-order valence-corrected chi connectivity index (χ1v) is 6.94. The molecule has 1 saturated heterocycles. The second kappa shape index (κ2) is 5.28. The van der Waals surface area contributed by atoms with Crippen molar-refractivity contribution >= 4 is 18.0 Å². The normalized spacial score (nSPS) is 23.0. The molecule has 0 unspecified atom stereocenters. The lowest BCUT2D eigenvalue weighted by atomic mass is 9.93. The van der Waals surface area contributed by atoms with Gasteiger partial charge in [-0.2, -0.15) is 4.98 Å². The van der Waals surface area contributed by atoms with Crippen LogP contribution >= 0.6 is 11.6 Å². The summed E-state index contributed by atoms with van der Waals surface area (Å²) in [6, 6.07) is 2.01. The fraction of sp³-hybridized carbons (Fsp3) is 0.462. The lowest BCUT2D eigenvalue weighted by molar-refractivity contribution is -0.121. The number of amides is 1. The molecule has 1 aliphatic heterocycles. The van der Waals surface area contributed by atoms with Crippen LogP contribution in [0.25, 0.3) is 11.6 Å². The van der Waals surface area contributed by atoms with E-state index in [9.17, 15) is 4.79 Å². The van der Waals surface area contributed by atoms with Crippen molar-refractivity contribution in [3.05, 3.63) is 23.1 Å². The molecule has 0 aromatic carbocycles. The van der Waals surface area contributed by atoms with Crippen molar-refractivity contribution in [2.75, 3.05) is 6.54 Å². The van der Waals surface area contributed by atoms with Gasteiger partial charge in [0.05, 0.1) is 5.02 Å². The Kier molecular flexibility index (Phi) is 3.48. The zero-order valence-corrected chi connectivity index (χ0v) is 11.8. The number of H-pyrrole nitrogens is 1. The second-order valence-corrected chi connectivity index (χ2v) is 5.55. The highest BCUT2D eigenvalue weighted by molar-refractivity contribution is 6.30. The van der Waals surface area contributed by atoms with E-state index in [1.54, 1.807) is 17.2 Å². The molecule has 0 spiro atoms. The quantitative estimate of drug-likeness (QED) is 0.882. The standard InChI is InChI=1S/C13H15ClN4O2/c1-8-2-3-9(6-18(8)7-19)12-16-13(20-17-12)11-4-10(14)5-15-11/h4-5,7-9,15H,2-3,6H2,1H3/t8-,9+/m1/s1. The third-order valence-electron chi connectivity index (χ3n) is 3.75. The summed E-state index contributed by atoms with van der Waals surface area (Å²) in [5, 5.41) is 4.62. The molecule has 1 N–H and O–H groups in total. The average Bonchev–Trinajstić information content (AvgIpc) is 3.08. The molecule has 0 radical (unpaired) electrons. The number of piperidine rings is 1. The summed E-state index contributed by atoms with van der Waals surface area (Å²) in [4.78, 5) is 20.2. The number of hydrogen-bond donors (Lipinski definition) is 1. The molecule has 20 heavy (non-hydrogen) atoms. The molecule has 1 fully saturated rings. The highest BCUT2D eigenvalue weighted by atomic mass is 35.5. The summed E-state index contributed by atoms with van der Waals surface area (Å²) >= 11 is 5.85. The molecule has 2 aromatic rings. The van der Waals surface area contributed by atoms with Crippen LogP contribution < -0.4 is 0 Å². The topological polar surface area (TPSA) is 75.0 Å². The van der Waals surface area contributed by atoms with Gasteiger partial charge in [-0.3, -0.25) is 4.79 Å². The van der Waals surface area contributed by atoms with Crippen molar-refractivity contribution in [3.8, 4) is 11.6 Å². The van der Waals surface area contributed by atoms with Gasteiger partial charge in [-0.15, -0.1) is 0 Å². The van der Waals surface area contributed by atoms with Crippen LogP contribution in [-0.4, -0.2) is 39.0 Å². The third kappa shape index (κ3) is 2.43. The van der Waals surface area contributed by atoms with E-state index in [0.29, 0.717) is 29.0 Å². The van der Waals surface area contributed by atoms with E-state index < -0.39 is 0 Å². The minimum absolute atomic E-state index is 0.124. The van der Waals surface area contributed by atoms with Crippen molar-refractivity contribution in [2.45, 2.75) is 31.7 Å². The second-order valence-electron chi connectivity index (χ2n) is 5.11. The molecule has 3 heterocycles. The van der Waals surface area contributed by atoms with Crippen molar-refractivity contribution in [1.82, 2.24) is 20.0 Å². The average molecular weight is 295 g/mol. The molecule has 0 aliphatic carbocycles. The van der Waals surface area contributed by atoms with Gasteiger partial charge >= 0.3 is 0 Å². The van der Waals surface area contributed by atoms with Gasteiger partial charge in [0.1, 0.15) is 5.69 Å². The SMILES string of the molecule is C[C@@H]1CC[C@H](c2noc(-c3cc(Cl)c[nH]3)n2)CN1C=O. The number of carbonyl (C=O) groups is 1. The van der Waals surface area contributed by atoms with Gasteiger partial charge in [0, 0.05) is 24.7 Å². The molecule has 3 rings (SSSR count). The molecular weight excluding hydrogens is 280 g/mol. The van der Waals surface area contributed by atoms with E-state index in [4.69, 9.17) is 16.1 Å². The van der Waals surface area contributed by atoms with E-state index in [1.807, 2.05) is 6.92 Å². The maximum atomic E-state index is 11.0. The maximum Gasteiger partial charge on any atom is 0.274 e. The number of aromatic amines is 1. The summed E-state index contributed by atoms with van der Waals surface area (Å²) in [5.74, 6) is 1.19. The number of nitrogens with zero attached hydrogens (tertiary/aromatic N) is 3. The van der Waals surface area contributed by atoms with Crippen LogP contribution in [0.5, 0.6) is 0 Å². The molecule has 1 aliphatic rings. The van der Waals surface area contributed by atoms with Crippen LogP contribution in [0.15, 0.2) is 16.8 Å². The van der Waals surface area contributed by atoms with Crippen molar-refractivity contribution in [1.29, 1.82) is 0 Å².